The number of rotatable bonds is 0. The van der Waals surface area contributed by atoms with Gasteiger partial charge in [0.05, 0.1) is 6.10 Å². The van der Waals surface area contributed by atoms with E-state index in [0.717, 1.165) is 5.92 Å². The van der Waals surface area contributed by atoms with Crippen LogP contribution in [0, 0.1) is 17.8 Å². The molecule has 3 heteroatoms. The van der Waals surface area contributed by atoms with Gasteiger partial charge in [-0.2, -0.15) is 0 Å². The highest BCUT2D eigenvalue weighted by Gasteiger charge is 2.51. The Balaban J connectivity index is 1.61. The first-order valence-corrected chi connectivity index (χ1v) is 8.00. The van der Waals surface area contributed by atoms with Gasteiger partial charge in [0.1, 0.15) is 0 Å². The van der Waals surface area contributed by atoms with Crippen LogP contribution in [0.15, 0.2) is 0 Å². The van der Waals surface area contributed by atoms with Crippen molar-refractivity contribution < 1.29 is 5.11 Å². The largest absolute Gasteiger partial charge is 0.392 e. The van der Waals surface area contributed by atoms with Crippen LogP contribution in [0.4, 0.5) is 0 Å². The third-order valence-electron chi connectivity index (χ3n) is 6.14. The molecule has 102 valence electrons. The molecule has 0 aromatic rings. The van der Waals surface area contributed by atoms with Gasteiger partial charge < -0.3 is 10.4 Å². The lowest BCUT2D eigenvalue weighted by Crippen LogP contribution is -2.66. The maximum atomic E-state index is 10.8. The molecule has 0 aromatic carbocycles. The Kier molecular flexibility index (Phi) is 2.90. The number of fused-ring (bicyclic) bond motifs is 6. The van der Waals surface area contributed by atoms with Gasteiger partial charge in [0.25, 0.3) is 0 Å². The zero-order chi connectivity index (χ0) is 12.1. The molecule has 2 N–H and O–H groups in total. The Hall–Kier alpha value is -0.120. The first-order chi connectivity index (χ1) is 8.84. The van der Waals surface area contributed by atoms with Crippen LogP contribution in [0.2, 0.25) is 0 Å². The maximum absolute atomic E-state index is 10.8. The van der Waals surface area contributed by atoms with Crippen LogP contribution in [0.3, 0.4) is 0 Å². The number of aliphatic hydroxyl groups excluding tert-OH is 1. The molecule has 18 heavy (non-hydrogen) atoms. The summed E-state index contributed by atoms with van der Waals surface area (Å²) >= 11 is 0. The molecular formula is C15H26N2O. The van der Waals surface area contributed by atoms with Gasteiger partial charge in [0.2, 0.25) is 0 Å². The summed E-state index contributed by atoms with van der Waals surface area (Å²) in [5.74, 6) is 1.93. The van der Waals surface area contributed by atoms with Crippen molar-refractivity contribution >= 4 is 0 Å². The van der Waals surface area contributed by atoms with Gasteiger partial charge in [-0.25, -0.2) is 0 Å². The smallest absolute Gasteiger partial charge is 0.0626 e. The average molecular weight is 250 g/mol. The van der Waals surface area contributed by atoms with E-state index in [0.29, 0.717) is 23.9 Å². The van der Waals surface area contributed by atoms with E-state index in [4.69, 9.17) is 0 Å². The molecular weight excluding hydrogens is 224 g/mol. The number of nitrogens with zero attached hydrogens (tertiary/aromatic N) is 1. The molecule has 3 saturated heterocycles. The number of hydrogen-bond donors (Lipinski definition) is 2. The Bertz CT molecular complexity index is 307. The van der Waals surface area contributed by atoms with E-state index in [1.807, 2.05) is 0 Å². The fourth-order valence-electron chi connectivity index (χ4n) is 5.39. The fourth-order valence-corrected chi connectivity index (χ4v) is 5.39. The number of aliphatic hydroxyl groups is 1. The third kappa shape index (κ3) is 1.67. The van der Waals surface area contributed by atoms with Gasteiger partial charge in [-0.05, 0) is 51.1 Å². The highest BCUT2D eigenvalue weighted by Crippen LogP contribution is 2.46. The van der Waals surface area contributed by atoms with Gasteiger partial charge in [-0.15, -0.1) is 0 Å². The minimum absolute atomic E-state index is 0.0371. The Morgan fingerprint density at radius 2 is 2.00 bits per heavy atom. The molecule has 0 unspecified atom stereocenters. The third-order valence-corrected chi connectivity index (χ3v) is 6.14. The molecule has 2 bridgehead atoms. The topological polar surface area (TPSA) is 35.5 Å². The lowest BCUT2D eigenvalue weighted by molar-refractivity contribution is -0.116. The van der Waals surface area contributed by atoms with E-state index < -0.39 is 0 Å². The molecule has 3 aliphatic heterocycles. The van der Waals surface area contributed by atoms with E-state index >= 15 is 0 Å². The molecule has 0 amide bonds. The molecule has 3 nitrogen and oxygen atoms in total. The summed E-state index contributed by atoms with van der Waals surface area (Å²) in [6.45, 7) is 3.74. The minimum atomic E-state index is -0.0371. The Labute approximate surface area is 110 Å². The Morgan fingerprint density at radius 3 is 2.94 bits per heavy atom. The summed E-state index contributed by atoms with van der Waals surface area (Å²) in [4.78, 5) is 2.71. The van der Waals surface area contributed by atoms with Gasteiger partial charge in [-0.1, -0.05) is 6.42 Å². The van der Waals surface area contributed by atoms with Crippen LogP contribution in [-0.2, 0) is 0 Å². The summed E-state index contributed by atoms with van der Waals surface area (Å²) in [7, 11) is 0. The van der Waals surface area contributed by atoms with Crippen LogP contribution >= 0.6 is 0 Å². The van der Waals surface area contributed by atoms with Crippen molar-refractivity contribution in [3.8, 4) is 0 Å². The van der Waals surface area contributed by atoms with Crippen molar-refractivity contribution in [2.45, 2.75) is 56.7 Å². The standard InChI is InChI=1S/C15H26N2O/c18-15-11-4-3-6-16-14(11)10-8-12(15)13-5-1-2-7-17(13)9-10/h10-16,18H,1-9H2/t10-,11-,12+,13+,14-,15+/m0/s1. The molecule has 6 atom stereocenters. The first-order valence-electron chi connectivity index (χ1n) is 8.00. The monoisotopic (exact) mass is 250 g/mol. The van der Waals surface area contributed by atoms with Crippen molar-refractivity contribution in [1.82, 2.24) is 10.2 Å². The molecule has 3 heterocycles. The van der Waals surface area contributed by atoms with E-state index in [9.17, 15) is 5.11 Å². The van der Waals surface area contributed by atoms with Gasteiger partial charge in [0.15, 0.2) is 0 Å². The van der Waals surface area contributed by atoms with E-state index in [-0.39, 0.29) is 6.10 Å². The molecule has 0 spiro atoms. The lowest BCUT2D eigenvalue weighted by Gasteiger charge is -2.57. The number of nitrogens with one attached hydrogen (secondary N) is 1. The lowest BCUT2D eigenvalue weighted by atomic mass is 9.61. The van der Waals surface area contributed by atoms with E-state index in [2.05, 4.69) is 10.2 Å². The van der Waals surface area contributed by atoms with Crippen molar-refractivity contribution in [1.29, 1.82) is 0 Å². The molecule has 4 aliphatic rings. The second kappa shape index (κ2) is 4.46. The normalized spacial score (nSPS) is 52.5. The molecule has 1 aliphatic carbocycles. The minimum Gasteiger partial charge on any atom is -0.392 e. The first kappa shape index (κ1) is 11.7. The maximum Gasteiger partial charge on any atom is 0.0626 e. The summed E-state index contributed by atoms with van der Waals surface area (Å²) in [6.07, 6.45) is 7.82. The fraction of sp³-hybridized carbons (Fsp3) is 1.00. The van der Waals surface area contributed by atoms with Crippen molar-refractivity contribution in [2.24, 2.45) is 17.8 Å². The molecule has 4 fully saturated rings. The molecule has 0 radical (unpaired) electrons. The quantitative estimate of drug-likeness (QED) is 0.678. The Morgan fingerprint density at radius 1 is 1.06 bits per heavy atom. The zero-order valence-corrected chi connectivity index (χ0v) is 11.2. The summed E-state index contributed by atoms with van der Waals surface area (Å²) in [5.41, 5.74) is 0. The summed E-state index contributed by atoms with van der Waals surface area (Å²) < 4.78 is 0. The molecule has 4 rings (SSSR count). The van der Waals surface area contributed by atoms with E-state index in [1.165, 1.54) is 58.2 Å². The average Bonchev–Trinajstić information content (AvgIpc) is 2.44. The van der Waals surface area contributed by atoms with Crippen molar-refractivity contribution in [3.05, 3.63) is 0 Å². The van der Waals surface area contributed by atoms with E-state index in [1.54, 1.807) is 0 Å². The second-order valence-electron chi connectivity index (χ2n) is 6.99. The highest BCUT2D eigenvalue weighted by atomic mass is 16.3. The predicted octanol–water partition coefficient (Wildman–Crippen LogP) is 1.22. The van der Waals surface area contributed by atoms with Gasteiger partial charge in [-0.3, -0.25) is 4.90 Å². The number of hydrogen-bond acceptors (Lipinski definition) is 3. The van der Waals surface area contributed by atoms with Crippen LogP contribution < -0.4 is 5.32 Å². The van der Waals surface area contributed by atoms with Gasteiger partial charge >= 0.3 is 0 Å². The highest BCUT2D eigenvalue weighted by molar-refractivity contribution is 5.05. The second-order valence-corrected chi connectivity index (χ2v) is 6.99. The van der Waals surface area contributed by atoms with Crippen LogP contribution in [0.1, 0.15) is 38.5 Å². The molecule has 1 saturated carbocycles. The van der Waals surface area contributed by atoms with Crippen molar-refractivity contribution in [3.63, 3.8) is 0 Å². The SMILES string of the molecule is O[C@@H]1[C@H]2CCCN[C@H]2[C@H]2C[C@@H]1[C@H]1CCCCN1C2. The zero-order valence-electron chi connectivity index (χ0n) is 11.2. The van der Waals surface area contributed by atoms with Crippen molar-refractivity contribution in [2.75, 3.05) is 19.6 Å². The van der Waals surface area contributed by atoms with Crippen LogP contribution in [-0.4, -0.2) is 47.8 Å². The van der Waals surface area contributed by atoms with Crippen LogP contribution in [0.5, 0.6) is 0 Å². The number of piperidine rings is 3. The molecule has 0 aromatic heterocycles. The summed E-state index contributed by atoms with van der Waals surface area (Å²) in [5, 5.41) is 14.5. The summed E-state index contributed by atoms with van der Waals surface area (Å²) in [6, 6.07) is 1.31. The predicted molar refractivity (Wildman–Crippen MR) is 71.3 cm³/mol. The van der Waals surface area contributed by atoms with Gasteiger partial charge in [0, 0.05) is 30.5 Å². The van der Waals surface area contributed by atoms with Crippen LogP contribution in [0.25, 0.3) is 0 Å².